The molecule has 140 valence electrons. The van der Waals surface area contributed by atoms with Gasteiger partial charge < -0.3 is 4.57 Å². The number of carbonyl (C=O) groups excluding carboxylic acids is 1. The van der Waals surface area contributed by atoms with Crippen molar-refractivity contribution in [2.24, 2.45) is 4.99 Å². The molecule has 0 spiro atoms. The van der Waals surface area contributed by atoms with Gasteiger partial charge in [-0.1, -0.05) is 17.3 Å². The Morgan fingerprint density at radius 2 is 1.96 bits per heavy atom. The number of carbonyl (C=O) groups is 1. The molecule has 3 aromatic rings. The zero-order chi connectivity index (χ0) is 20.3. The fourth-order valence-corrected chi connectivity index (χ4v) is 3.77. The first kappa shape index (κ1) is 19.3. The Kier molecular flexibility index (Phi) is 5.52. The van der Waals surface area contributed by atoms with Gasteiger partial charge in [0.1, 0.15) is 0 Å². The summed E-state index contributed by atoms with van der Waals surface area (Å²) in [6.07, 6.45) is 8.40. The third-order valence-electron chi connectivity index (χ3n) is 4.28. The Morgan fingerprint density at radius 3 is 2.61 bits per heavy atom. The number of terminal acetylenes is 1. The summed E-state index contributed by atoms with van der Waals surface area (Å²) in [6.45, 7) is 4.39. The van der Waals surface area contributed by atoms with Crippen LogP contribution in [0.3, 0.4) is 0 Å². The van der Waals surface area contributed by atoms with E-state index in [4.69, 9.17) is 6.42 Å². The van der Waals surface area contributed by atoms with E-state index in [1.54, 1.807) is 18.2 Å². The highest BCUT2D eigenvalue weighted by atomic mass is 32.1. The number of nitro groups is 1. The van der Waals surface area contributed by atoms with Gasteiger partial charge in [0, 0.05) is 18.2 Å². The molecule has 0 bridgehead atoms. The molecular weight excluding hydrogens is 374 g/mol. The molecule has 0 aliphatic heterocycles. The maximum absolute atomic E-state index is 12.3. The predicted octanol–water partition coefficient (Wildman–Crippen LogP) is 4.00. The molecule has 0 saturated carbocycles. The lowest BCUT2D eigenvalue weighted by Crippen LogP contribution is -2.15. The van der Waals surface area contributed by atoms with Gasteiger partial charge in [-0.15, -0.1) is 6.42 Å². The molecule has 0 saturated heterocycles. The minimum Gasteiger partial charge on any atom is -0.305 e. The number of aryl methyl sites for hydroxylation is 2. The molecule has 0 fully saturated rings. The van der Waals surface area contributed by atoms with Gasteiger partial charge in [0.05, 0.1) is 21.7 Å². The lowest BCUT2D eigenvalue weighted by atomic mass is 10.1. The first-order chi connectivity index (χ1) is 13.4. The number of fused-ring (bicyclic) bond motifs is 1. The second-order valence-corrected chi connectivity index (χ2v) is 7.22. The maximum atomic E-state index is 12.3. The molecule has 7 heteroatoms. The second-order valence-electron chi connectivity index (χ2n) is 6.21. The van der Waals surface area contributed by atoms with Crippen molar-refractivity contribution in [2.75, 3.05) is 0 Å². The smallest absolute Gasteiger partial charge is 0.272 e. The molecule has 0 atom stereocenters. The summed E-state index contributed by atoms with van der Waals surface area (Å²) >= 11 is 1.41. The molecular formula is C21H17N3O3S. The van der Waals surface area contributed by atoms with Gasteiger partial charge in [-0.25, -0.2) is 0 Å². The van der Waals surface area contributed by atoms with Gasteiger partial charge in [0.25, 0.3) is 11.6 Å². The largest absolute Gasteiger partial charge is 0.305 e. The monoisotopic (exact) mass is 391 g/mol. The zero-order valence-electron chi connectivity index (χ0n) is 15.4. The first-order valence-corrected chi connectivity index (χ1v) is 9.26. The maximum Gasteiger partial charge on any atom is 0.272 e. The van der Waals surface area contributed by atoms with Crippen LogP contribution in [0.25, 0.3) is 16.3 Å². The van der Waals surface area contributed by atoms with E-state index < -0.39 is 10.8 Å². The van der Waals surface area contributed by atoms with Gasteiger partial charge in [0.2, 0.25) is 0 Å². The molecule has 1 aromatic heterocycles. The molecule has 0 aliphatic rings. The number of hydrogen-bond donors (Lipinski definition) is 0. The summed E-state index contributed by atoms with van der Waals surface area (Å²) in [7, 11) is 0. The van der Waals surface area contributed by atoms with Crippen LogP contribution in [0.15, 0.2) is 47.5 Å². The van der Waals surface area contributed by atoms with E-state index in [9.17, 15) is 14.9 Å². The highest BCUT2D eigenvalue weighted by molar-refractivity contribution is 7.16. The van der Waals surface area contributed by atoms with Crippen LogP contribution in [0.2, 0.25) is 0 Å². The second kappa shape index (κ2) is 8.03. The van der Waals surface area contributed by atoms with Crippen molar-refractivity contribution in [1.29, 1.82) is 0 Å². The number of non-ortho nitro benzene ring substituents is 1. The quantitative estimate of drug-likeness (QED) is 0.292. The van der Waals surface area contributed by atoms with Gasteiger partial charge >= 0.3 is 0 Å². The third kappa shape index (κ3) is 4.08. The third-order valence-corrected chi connectivity index (χ3v) is 5.32. The SMILES string of the molecule is C#CCn1c(=NC(=O)/C=C\c2ccc([N+](=O)[O-])cc2)sc2cc(C)c(C)cc21. The van der Waals surface area contributed by atoms with E-state index >= 15 is 0 Å². The summed E-state index contributed by atoms with van der Waals surface area (Å²) in [5.41, 5.74) is 3.94. The van der Waals surface area contributed by atoms with Crippen LogP contribution in [0, 0.1) is 36.3 Å². The number of nitrogens with zero attached hydrogens (tertiary/aromatic N) is 3. The van der Waals surface area contributed by atoms with E-state index in [2.05, 4.69) is 23.0 Å². The number of thiazole rings is 1. The number of aromatic nitrogens is 1. The molecule has 0 radical (unpaired) electrons. The van der Waals surface area contributed by atoms with Crippen molar-refractivity contribution in [3.05, 3.63) is 74.1 Å². The fraction of sp³-hybridized carbons (Fsp3) is 0.143. The number of amides is 1. The Morgan fingerprint density at radius 1 is 1.29 bits per heavy atom. The molecule has 28 heavy (non-hydrogen) atoms. The van der Waals surface area contributed by atoms with Crippen molar-refractivity contribution in [1.82, 2.24) is 4.57 Å². The van der Waals surface area contributed by atoms with Crippen LogP contribution in [0.1, 0.15) is 16.7 Å². The van der Waals surface area contributed by atoms with Gasteiger partial charge in [-0.2, -0.15) is 4.99 Å². The minimum atomic E-state index is -0.469. The number of benzene rings is 2. The fourth-order valence-electron chi connectivity index (χ4n) is 2.66. The summed E-state index contributed by atoms with van der Waals surface area (Å²) in [5.74, 6) is 2.18. The normalized spacial score (nSPS) is 11.8. The molecule has 0 aliphatic carbocycles. The van der Waals surface area contributed by atoms with Crippen LogP contribution >= 0.6 is 11.3 Å². The minimum absolute atomic E-state index is 0.000599. The van der Waals surface area contributed by atoms with Crippen molar-refractivity contribution in [3.8, 4) is 12.3 Å². The lowest BCUT2D eigenvalue weighted by molar-refractivity contribution is -0.384. The average Bonchev–Trinajstić information content (AvgIpc) is 2.97. The Bertz CT molecular complexity index is 1210. The van der Waals surface area contributed by atoms with Crippen LogP contribution in [0.5, 0.6) is 0 Å². The van der Waals surface area contributed by atoms with Crippen molar-refractivity contribution in [2.45, 2.75) is 20.4 Å². The van der Waals surface area contributed by atoms with E-state index in [0.29, 0.717) is 16.9 Å². The van der Waals surface area contributed by atoms with Crippen LogP contribution < -0.4 is 4.80 Å². The van der Waals surface area contributed by atoms with Crippen molar-refractivity contribution >= 4 is 39.2 Å². The standard InChI is InChI=1S/C21H17N3O3S/c1-4-11-23-18-12-14(2)15(3)13-19(18)28-21(23)22-20(25)10-7-16-5-8-17(9-6-16)24(26)27/h1,5-10,12-13H,11H2,2-3H3/b10-7-,22-21?. The van der Waals surface area contributed by atoms with Crippen LogP contribution in [-0.2, 0) is 11.3 Å². The predicted molar refractivity (Wildman–Crippen MR) is 111 cm³/mol. The zero-order valence-corrected chi connectivity index (χ0v) is 16.2. The molecule has 6 nitrogen and oxygen atoms in total. The lowest BCUT2D eigenvalue weighted by Gasteiger charge is -2.03. The molecule has 3 rings (SSSR count). The van der Waals surface area contributed by atoms with E-state index in [-0.39, 0.29) is 5.69 Å². The highest BCUT2D eigenvalue weighted by Crippen LogP contribution is 2.22. The molecule has 2 aromatic carbocycles. The molecule has 0 N–H and O–H groups in total. The Labute approximate surface area is 165 Å². The molecule has 0 unspecified atom stereocenters. The summed E-state index contributed by atoms with van der Waals surface area (Å²) in [4.78, 5) is 27.3. The summed E-state index contributed by atoms with van der Waals surface area (Å²) in [5, 5.41) is 10.7. The van der Waals surface area contributed by atoms with E-state index in [1.807, 2.05) is 18.4 Å². The summed E-state index contributed by atoms with van der Waals surface area (Å²) < 4.78 is 2.87. The number of hydrogen-bond acceptors (Lipinski definition) is 4. The van der Waals surface area contributed by atoms with Crippen molar-refractivity contribution in [3.63, 3.8) is 0 Å². The first-order valence-electron chi connectivity index (χ1n) is 8.44. The van der Waals surface area contributed by atoms with Crippen molar-refractivity contribution < 1.29 is 9.72 Å². The van der Waals surface area contributed by atoms with Crippen LogP contribution in [-0.4, -0.2) is 15.4 Å². The Hall–Kier alpha value is -3.50. The average molecular weight is 391 g/mol. The van der Waals surface area contributed by atoms with Crippen LogP contribution in [0.4, 0.5) is 5.69 Å². The van der Waals surface area contributed by atoms with Gasteiger partial charge in [-0.3, -0.25) is 14.9 Å². The highest BCUT2D eigenvalue weighted by Gasteiger charge is 2.08. The number of rotatable bonds is 4. The molecule has 1 amide bonds. The molecule has 1 heterocycles. The summed E-state index contributed by atoms with van der Waals surface area (Å²) in [6, 6.07) is 10.0. The Balaban J connectivity index is 1.94. The topological polar surface area (TPSA) is 77.5 Å². The van der Waals surface area contributed by atoms with Gasteiger partial charge in [0.15, 0.2) is 4.80 Å². The van der Waals surface area contributed by atoms with E-state index in [0.717, 1.165) is 21.3 Å². The van der Waals surface area contributed by atoms with Gasteiger partial charge in [-0.05, 0) is 60.9 Å². The number of nitro benzene ring substituents is 1. The van der Waals surface area contributed by atoms with E-state index in [1.165, 1.54) is 29.5 Å².